The maximum absolute atomic E-state index is 13.5. The Labute approximate surface area is 135 Å². The zero-order chi connectivity index (χ0) is 16.3. The predicted molar refractivity (Wildman–Crippen MR) is 80.9 cm³/mol. The number of nitrogens with one attached hydrogen (secondary N) is 1. The van der Waals surface area contributed by atoms with E-state index in [0.717, 1.165) is 24.0 Å². The standard InChI is InChI=1S/C12H8BrF2N3O3S/c13-6-1-2-7(14)10(15)5(6)4-16-18-12-17-11(21)8(22-12)3-9(19)20/h1-2,4,8H,3H2,(H,19,20)(H,17,18,21). The summed E-state index contributed by atoms with van der Waals surface area (Å²) in [7, 11) is 0. The Morgan fingerprint density at radius 2 is 2.23 bits per heavy atom. The number of halogens is 3. The van der Waals surface area contributed by atoms with Crippen LogP contribution in [-0.2, 0) is 9.59 Å². The molecule has 0 saturated carbocycles. The van der Waals surface area contributed by atoms with E-state index in [1.165, 1.54) is 6.07 Å². The van der Waals surface area contributed by atoms with E-state index in [1.54, 1.807) is 0 Å². The molecule has 1 atom stereocenters. The lowest BCUT2D eigenvalue weighted by molar-refractivity contribution is -0.138. The second-order valence-electron chi connectivity index (χ2n) is 4.10. The third kappa shape index (κ3) is 3.89. The van der Waals surface area contributed by atoms with E-state index in [-0.39, 0.29) is 17.2 Å². The van der Waals surface area contributed by atoms with E-state index in [2.05, 4.69) is 31.4 Å². The summed E-state index contributed by atoms with van der Waals surface area (Å²) in [6.45, 7) is 0. The number of rotatable bonds is 4. The van der Waals surface area contributed by atoms with E-state index < -0.39 is 28.8 Å². The molecular weight excluding hydrogens is 384 g/mol. The number of benzene rings is 1. The van der Waals surface area contributed by atoms with Gasteiger partial charge in [0.25, 0.3) is 0 Å². The summed E-state index contributed by atoms with van der Waals surface area (Å²) in [6, 6.07) is 2.29. The van der Waals surface area contributed by atoms with Gasteiger partial charge in [-0.3, -0.25) is 9.59 Å². The van der Waals surface area contributed by atoms with Crippen LogP contribution < -0.4 is 5.32 Å². The molecule has 10 heteroatoms. The molecule has 1 heterocycles. The molecule has 1 aliphatic heterocycles. The number of amides is 1. The van der Waals surface area contributed by atoms with Crippen LogP contribution in [0.15, 0.2) is 26.8 Å². The zero-order valence-corrected chi connectivity index (χ0v) is 13.1. The third-order valence-electron chi connectivity index (χ3n) is 2.55. The van der Waals surface area contributed by atoms with Crippen molar-refractivity contribution in [1.82, 2.24) is 5.32 Å². The summed E-state index contributed by atoms with van der Waals surface area (Å²) in [5.41, 5.74) is -0.124. The lowest BCUT2D eigenvalue weighted by Gasteiger charge is -2.00. The highest BCUT2D eigenvalue weighted by molar-refractivity contribution is 9.10. The first-order valence-corrected chi connectivity index (χ1v) is 7.49. The summed E-state index contributed by atoms with van der Waals surface area (Å²) in [4.78, 5) is 22.0. The molecule has 1 saturated heterocycles. The minimum Gasteiger partial charge on any atom is -0.481 e. The molecule has 2 rings (SSSR count). The van der Waals surface area contributed by atoms with Crippen LogP contribution in [0.3, 0.4) is 0 Å². The van der Waals surface area contributed by atoms with Crippen LogP contribution in [0.1, 0.15) is 12.0 Å². The molecule has 1 aromatic carbocycles. The van der Waals surface area contributed by atoms with Gasteiger partial charge in [-0.1, -0.05) is 27.7 Å². The summed E-state index contributed by atoms with van der Waals surface area (Å²) in [5, 5.41) is 17.5. The smallest absolute Gasteiger partial charge is 0.305 e. The SMILES string of the molecule is O=C(O)CC1SC(=NN=Cc2c(Br)ccc(F)c2F)NC1=O. The van der Waals surface area contributed by atoms with Gasteiger partial charge in [0.2, 0.25) is 5.91 Å². The molecule has 1 amide bonds. The monoisotopic (exact) mass is 391 g/mol. The highest BCUT2D eigenvalue weighted by Crippen LogP contribution is 2.23. The maximum Gasteiger partial charge on any atom is 0.305 e. The van der Waals surface area contributed by atoms with Crippen molar-refractivity contribution in [3.8, 4) is 0 Å². The van der Waals surface area contributed by atoms with E-state index in [4.69, 9.17) is 5.11 Å². The number of carboxylic acid groups (broad SMARTS) is 1. The predicted octanol–water partition coefficient (Wildman–Crippen LogP) is 2.12. The summed E-state index contributed by atoms with van der Waals surface area (Å²) < 4.78 is 26.9. The summed E-state index contributed by atoms with van der Waals surface area (Å²) in [5.74, 6) is -3.70. The van der Waals surface area contributed by atoms with Gasteiger partial charge in [-0.05, 0) is 12.1 Å². The minimum absolute atomic E-state index is 0.0976. The minimum atomic E-state index is -1.11. The Morgan fingerprint density at radius 1 is 1.50 bits per heavy atom. The van der Waals surface area contributed by atoms with Crippen molar-refractivity contribution in [2.75, 3.05) is 0 Å². The normalized spacial score (nSPS) is 19.9. The van der Waals surface area contributed by atoms with Gasteiger partial charge < -0.3 is 10.4 Å². The Hall–Kier alpha value is -1.81. The van der Waals surface area contributed by atoms with Crippen molar-refractivity contribution in [2.45, 2.75) is 11.7 Å². The Bertz CT molecular complexity index is 696. The second kappa shape index (κ2) is 6.97. The van der Waals surface area contributed by atoms with Gasteiger partial charge in [-0.2, -0.15) is 5.10 Å². The van der Waals surface area contributed by atoms with Crippen molar-refractivity contribution in [1.29, 1.82) is 0 Å². The number of carbonyl (C=O) groups excluding carboxylic acids is 1. The lowest BCUT2D eigenvalue weighted by atomic mass is 10.2. The highest BCUT2D eigenvalue weighted by Gasteiger charge is 2.32. The summed E-state index contributed by atoms with van der Waals surface area (Å²) in [6.07, 6.45) is 0.649. The van der Waals surface area contributed by atoms with Crippen LogP contribution in [0.25, 0.3) is 0 Å². The van der Waals surface area contributed by atoms with Gasteiger partial charge in [-0.25, -0.2) is 8.78 Å². The first kappa shape index (κ1) is 16.6. The van der Waals surface area contributed by atoms with Crippen LogP contribution in [0, 0.1) is 11.6 Å². The fraction of sp³-hybridized carbons (Fsp3) is 0.167. The van der Waals surface area contributed by atoms with Gasteiger partial charge in [0, 0.05) is 10.0 Å². The molecule has 116 valence electrons. The average Bonchev–Trinajstić information content (AvgIpc) is 2.78. The number of thioether (sulfide) groups is 1. The number of hydrogen-bond acceptors (Lipinski definition) is 5. The molecule has 1 aromatic rings. The van der Waals surface area contributed by atoms with E-state index in [9.17, 15) is 18.4 Å². The largest absolute Gasteiger partial charge is 0.481 e. The molecule has 2 N–H and O–H groups in total. The van der Waals surface area contributed by atoms with Gasteiger partial charge >= 0.3 is 5.97 Å². The molecule has 0 aromatic heterocycles. The number of carbonyl (C=O) groups is 2. The molecule has 1 fully saturated rings. The third-order valence-corrected chi connectivity index (χ3v) is 4.32. The highest BCUT2D eigenvalue weighted by atomic mass is 79.9. The molecule has 0 spiro atoms. The first-order valence-electron chi connectivity index (χ1n) is 5.82. The number of aliphatic carboxylic acids is 1. The lowest BCUT2D eigenvalue weighted by Crippen LogP contribution is -2.26. The molecule has 0 aliphatic carbocycles. The fourth-order valence-electron chi connectivity index (χ4n) is 1.55. The average molecular weight is 392 g/mol. The first-order chi connectivity index (χ1) is 10.4. The van der Waals surface area contributed by atoms with Crippen LogP contribution >= 0.6 is 27.7 Å². The Morgan fingerprint density at radius 3 is 2.91 bits per heavy atom. The number of nitrogens with zero attached hydrogens (tertiary/aromatic N) is 2. The van der Waals surface area contributed by atoms with Gasteiger partial charge in [0.1, 0.15) is 5.25 Å². The molecule has 1 aliphatic rings. The molecule has 6 nitrogen and oxygen atoms in total. The quantitative estimate of drug-likeness (QED) is 0.467. The van der Waals surface area contributed by atoms with Crippen molar-refractivity contribution in [3.05, 3.63) is 33.8 Å². The molecule has 22 heavy (non-hydrogen) atoms. The van der Waals surface area contributed by atoms with Crippen molar-refractivity contribution < 1.29 is 23.5 Å². The molecular formula is C12H8BrF2N3O3S. The van der Waals surface area contributed by atoms with E-state index >= 15 is 0 Å². The molecule has 0 bridgehead atoms. The van der Waals surface area contributed by atoms with Gasteiger partial charge in [-0.15, -0.1) is 5.10 Å². The maximum atomic E-state index is 13.5. The topological polar surface area (TPSA) is 91.1 Å². The van der Waals surface area contributed by atoms with Crippen LogP contribution in [0.2, 0.25) is 0 Å². The molecule has 0 radical (unpaired) electrons. The Balaban J connectivity index is 2.11. The van der Waals surface area contributed by atoms with Crippen LogP contribution in [0.5, 0.6) is 0 Å². The molecule has 1 unspecified atom stereocenters. The van der Waals surface area contributed by atoms with E-state index in [0.29, 0.717) is 4.47 Å². The van der Waals surface area contributed by atoms with Crippen LogP contribution in [0.4, 0.5) is 8.78 Å². The van der Waals surface area contributed by atoms with Gasteiger partial charge in [0.15, 0.2) is 16.8 Å². The number of carboxylic acids is 1. The van der Waals surface area contributed by atoms with Crippen molar-refractivity contribution in [2.24, 2.45) is 10.2 Å². The zero-order valence-electron chi connectivity index (χ0n) is 10.7. The number of amidine groups is 1. The van der Waals surface area contributed by atoms with Gasteiger partial charge in [0.05, 0.1) is 12.6 Å². The number of hydrogen-bond donors (Lipinski definition) is 2. The van der Waals surface area contributed by atoms with Crippen molar-refractivity contribution in [3.63, 3.8) is 0 Å². The van der Waals surface area contributed by atoms with E-state index in [1.807, 2.05) is 0 Å². The van der Waals surface area contributed by atoms with Crippen molar-refractivity contribution >= 4 is 51.0 Å². The second-order valence-corrected chi connectivity index (χ2v) is 6.15. The van der Waals surface area contributed by atoms with Crippen LogP contribution in [-0.4, -0.2) is 33.6 Å². The fourth-order valence-corrected chi connectivity index (χ4v) is 2.87. The summed E-state index contributed by atoms with van der Waals surface area (Å²) >= 11 is 3.96. The Kier molecular flexibility index (Phi) is 5.24.